The van der Waals surface area contributed by atoms with Gasteiger partial charge in [-0.05, 0) is 26.4 Å². The maximum Gasteiger partial charge on any atom is 0.0431 e. The molecule has 2 heteroatoms. The van der Waals surface area contributed by atoms with Gasteiger partial charge in [0.2, 0.25) is 0 Å². The van der Waals surface area contributed by atoms with E-state index < -0.39 is 0 Å². The Bertz CT molecular complexity index is 58.6. The van der Waals surface area contributed by atoms with Crippen molar-refractivity contribution in [3.8, 4) is 0 Å². The van der Waals surface area contributed by atoms with E-state index in [1.807, 2.05) is 7.05 Å². The Balaban J connectivity index is 2.69. The Kier molecular flexibility index (Phi) is 9.85. The molecule has 0 radical (unpaired) electrons. The van der Waals surface area contributed by atoms with Gasteiger partial charge in [0.25, 0.3) is 0 Å². The molecule has 0 fully saturated rings. The molecule has 2 N–H and O–H groups in total. The van der Waals surface area contributed by atoms with E-state index in [4.69, 9.17) is 5.11 Å². The molecule has 0 aromatic rings. The molecule has 0 saturated heterocycles. The number of aliphatic hydroxyl groups is 1. The average Bonchev–Trinajstić information content (AvgIpc) is 2.03. The van der Waals surface area contributed by atoms with Gasteiger partial charge in [-0.25, -0.2) is 0 Å². The summed E-state index contributed by atoms with van der Waals surface area (Å²) in [5.41, 5.74) is 0. The molecule has 11 heavy (non-hydrogen) atoms. The van der Waals surface area contributed by atoms with Gasteiger partial charge in [-0.1, -0.05) is 25.7 Å². The molecular formula is C9H21NO. The van der Waals surface area contributed by atoms with Gasteiger partial charge in [0.05, 0.1) is 0 Å². The van der Waals surface area contributed by atoms with Gasteiger partial charge in [0, 0.05) is 6.61 Å². The second-order valence-corrected chi connectivity index (χ2v) is 2.95. The minimum atomic E-state index is 0.358. The number of rotatable bonds is 8. The van der Waals surface area contributed by atoms with Crippen LogP contribution in [0.3, 0.4) is 0 Å². The average molecular weight is 159 g/mol. The number of hydrogen-bond acceptors (Lipinski definition) is 2. The van der Waals surface area contributed by atoms with Gasteiger partial charge >= 0.3 is 0 Å². The summed E-state index contributed by atoms with van der Waals surface area (Å²) in [5.74, 6) is 0. The van der Waals surface area contributed by atoms with Crippen molar-refractivity contribution in [2.24, 2.45) is 0 Å². The normalized spacial score (nSPS) is 10.4. The Morgan fingerprint density at radius 2 is 1.45 bits per heavy atom. The van der Waals surface area contributed by atoms with Crippen molar-refractivity contribution >= 4 is 0 Å². The zero-order valence-corrected chi connectivity index (χ0v) is 7.60. The molecular weight excluding hydrogens is 138 g/mol. The lowest BCUT2D eigenvalue weighted by molar-refractivity contribution is 0.282. The van der Waals surface area contributed by atoms with Crippen molar-refractivity contribution in [3.05, 3.63) is 0 Å². The lowest BCUT2D eigenvalue weighted by atomic mass is 10.1. The molecule has 0 bridgehead atoms. The summed E-state index contributed by atoms with van der Waals surface area (Å²) in [6.45, 7) is 1.50. The van der Waals surface area contributed by atoms with Gasteiger partial charge in [-0.3, -0.25) is 0 Å². The zero-order chi connectivity index (χ0) is 8.36. The Hall–Kier alpha value is -0.0800. The van der Waals surface area contributed by atoms with Gasteiger partial charge in [-0.15, -0.1) is 0 Å². The first kappa shape index (κ1) is 10.9. The topological polar surface area (TPSA) is 32.3 Å². The lowest BCUT2D eigenvalue weighted by Crippen LogP contribution is -2.06. The fraction of sp³-hybridized carbons (Fsp3) is 1.00. The molecule has 0 aliphatic carbocycles. The summed E-state index contributed by atoms with van der Waals surface area (Å²) in [4.78, 5) is 0. The predicted octanol–water partition coefficient (Wildman–Crippen LogP) is 1.54. The molecule has 0 aromatic heterocycles. The molecule has 0 aliphatic rings. The highest BCUT2D eigenvalue weighted by Crippen LogP contribution is 2.03. The van der Waals surface area contributed by atoms with E-state index in [0.717, 1.165) is 13.0 Å². The molecule has 0 spiro atoms. The largest absolute Gasteiger partial charge is 0.396 e. The van der Waals surface area contributed by atoms with E-state index in [1.54, 1.807) is 0 Å². The van der Waals surface area contributed by atoms with Gasteiger partial charge < -0.3 is 10.4 Å². The summed E-state index contributed by atoms with van der Waals surface area (Å²) in [6.07, 6.45) is 7.38. The third-order valence-corrected chi connectivity index (χ3v) is 1.83. The van der Waals surface area contributed by atoms with Crippen LogP contribution in [-0.4, -0.2) is 25.3 Å². The second-order valence-electron chi connectivity index (χ2n) is 2.95. The van der Waals surface area contributed by atoms with Crippen LogP contribution in [0.4, 0.5) is 0 Å². The number of nitrogens with one attached hydrogen (secondary N) is 1. The van der Waals surface area contributed by atoms with Crippen LogP contribution in [0.2, 0.25) is 0 Å². The van der Waals surface area contributed by atoms with Crippen LogP contribution in [0.15, 0.2) is 0 Å². The quantitative estimate of drug-likeness (QED) is 0.526. The fourth-order valence-electron chi connectivity index (χ4n) is 1.12. The van der Waals surface area contributed by atoms with Crippen LogP contribution in [0.1, 0.15) is 38.5 Å². The van der Waals surface area contributed by atoms with E-state index in [0.29, 0.717) is 6.61 Å². The van der Waals surface area contributed by atoms with E-state index in [1.165, 1.54) is 32.1 Å². The summed E-state index contributed by atoms with van der Waals surface area (Å²) in [6, 6.07) is 0. The summed E-state index contributed by atoms with van der Waals surface area (Å²) >= 11 is 0. The molecule has 2 nitrogen and oxygen atoms in total. The van der Waals surface area contributed by atoms with Crippen LogP contribution in [0.5, 0.6) is 0 Å². The van der Waals surface area contributed by atoms with Crippen molar-refractivity contribution in [1.82, 2.24) is 5.32 Å². The molecule has 0 saturated carbocycles. The summed E-state index contributed by atoms with van der Waals surface area (Å²) < 4.78 is 0. The van der Waals surface area contributed by atoms with Crippen LogP contribution in [0, 0.1) is 0 Å². The van der Waals surface area contributed by atoms with Crippen molar-refractivity contribution in [2.45, 2.75) is 38.5 Å². The summed E-state index contributed by atoms with van der Waals surface area (Å²) in [7, 11) is 1.99. The molecule has 0 heterocycles. The molecule has 68 valence electrons. The maximum atomic E-state index is 8.50. The number of unbranched alkanes of at least 4 members (excludes halogenated alkanes) is 5. The highest BCUT2D eigenvalue weighted by Gasteiger charge is 1.89. The van der Waals surface area contributed by atoms with Gasteiger partial charge in [-0.2, -0.15) is 0 Å². The molecule has 0 unspecified atom stereocenters. The maximum absolute atomic E-state index is 8.50. The smallest absolute Gasteiger partial charge is 0.0431 e. The molecule has 0 aliphatic heterocycles. The van der Waals surface area contributed by atoms with Crippen LogP contribution >= 0.6 is 0 Å². The van der Waals surface area contributed by atoms with E-state index in [2.05, 4.69) is 5.32 Å². The van der Waals surface area contributed by atoms with Gasteiger partial charge in [0.1, 0.15) is 0 Å². The first-order chi connectivity index (χ1) is 5.41. The van der Waals surface area contributed by atoms with E-state index in [-0.39, 0.29) is 0 Å². The molecule has 0 amide bonds. The molecule has 0 rings (SSSR count). The first-order valence-electron chi connectivity index (χ1n) is 4.67. The van der Waals surface area contributed by atoms with Crippen molar-refractivity contribution in [1.29, 1.82) is 0 Å². The first-order valence-corrected chi connectivity index (χ1v) is 4.67. The highest BCUT2D eigenvalue weighted by molar-refractivity contribution is 4.46. The van der Waals surface area contributed by atoms with Crippen LogP contribution in [-0.2, 0) is 0 Å². The molecule has 0 atom stereocenters. The number of aliphatic hydroxyl groups excluding tert-OH is 1. The zero-order valence-electron chi connectivity index (χ0n) is 7.60. The monoisotopic (exact) mass is 159 g/mol. The minimum Gasteiger partial charge on any atom is -0.396 e. The fourth-order valence-corrected chi connectivity index (χ4v) is 1.12. The van der Waals surface area contributed by atoms with Gasteiger partial charge in [0.15, 0.2) is 0 Å². The third kappa shape index (κ3) is 9.92. The highest BCUT2D eigenvalue weighted by atomic mass is 16.2. The Morgan fingerprint density at radius 3 is 2.00 bits per heavy atom. The van der Waals surface area contributed by atoms with E-state index in [9.17, 15) is 0 Å². The second kappa shape index (κ2) is 9.92. The number of hydrogen-bond donors (Lipinski definition) is 2. The summed E-state index contributed by atoms with van der Waals surface area (Å²) in [5, 5.41) is 11.6. The third-order valence-electron chi connectivity index (χ3n) is 1.83. The Morgan fingerprint density at radius 1 is 0.909 bits per heavy atom. The van der Waals surface area contributed by atoms with Crippen LogP contribution < -0.4 is 5.32 Å². The van der Waals surface area contributed by atoms with Crippen molar-refractivity contribution in [3.63, 3.8) is 0 Å². The standard InChI is InChI=1S/C9H21NO/c1-10-8-6-4-2-3-5-7-9-11/h10-11H,2-9H2,1H3. The van der Waals surface area contributed by atoms with Crippen LogP contribution in [0.25, 0.3) is 0 Å². The minimum absolute atomic E-state index is 0.358. The van der Waals surface area contributed by atoms with E-state index >= 15 is 0 Å². The Labute approximate surface area is 70.0 Å². The predicted molar refractivity (Wildman–Crippen MR) is 48.7 cm³/mol. The SMILES string of the molecule is CNCCCCCCCCO. The van der Waals surface area contributed by atoms with Crippen molar-refractivity contribution in [2.75, 3.05) is 20.2 Å². The molecule has 0 aromatic carbocycles. The lowest BCUT2D eigenvalue weighted by Gasteiger charge is -1.99. The van der Waals surface area contributed by atoms with Crippen molar-refractivity contribution < 1.29 is 5.11 Å².